The molecule has 2 aliphatic rings. The zero-order chi connectivity index (χ0) is 21.9. The Kier molecular flexibility index (Phi) is 10.5. The van der Waals surface area contributed by atoms with E-state index in [4.69, 9.17) is 16.7 Å². The van der Waals surface area contributed by atoms with Crippen LogP contribution in [0.3, 0.4) is 0 Å². The summed E-state index contributed by atoms with van der Waals surface area (Å²) in [5.41, 5.74) is 3.41. The van der Waals surface area contributed by atoms with Crippen LogP contribution in [0, 0.1) is 0 Å². The van der Waals surface area contributed by atoms with Crippen molar-refractivity contribution in [2.75, 3.05) is 45.2 Å². The number of aliphatic hydroxyl groups is 1. The van der Waals surface area contributed by atoms with Crippen LogP contribution in [-0.2, 0) is 13.0 Å². The minimum atomic E-state index is 0.334. The molecule has 0 amide bonds. The van der Waals surface area contributed by atoms with Gasteiger partial charge in [-0.15, -0.1) is 0 Å². The largest absolute Gasteiger partial charge is 0.400 e. The maximum atomic E-state index is 7.00. The Balaban J connectivity index is 0.00000155. The number of hydrogen-bond donors (Lipinski definition) is 2. The summed E-state index contributed by atoms with van der Waals surface area (Å²) in [5, 5.41) is 10.9. The number of rotatable bonds is 9. The molecule has 2 N–H and O–H groups in total. The Morgan fingerprint density at radius 2 is 2.10 bits per heavy atom. The van der Waals surface area contributed by atoms with Crippen LogP contribution in [0.15, 0.2) is 37.0 Å². The molecule has 0 saturated carbocycles. The Morgan fingerprint density at radius 1 is 1.30 bits per heavy atom. The first-order chi connectivity index (χ1) is 14.6. The van der Waals surface area contributed by atoms with Gasteiger partial charge in [-0.2, -0.15) is 0 Å². The van der Waals surface area contributed by atoms with E-state index in [-0.39, 0.29) is 0 Å². The zero-order valence-electron chi connectivity index (χ0n) is 18.4. The van der Waals surface area contributed by atoms with Gasteiger partial charge in [-0.3, -0.25) is 4.90 Å². The summed E-state index contributed by atoms with van der Waals surface area (Å²) in [6.07, 6.45) is 10.4. The lowest BCUT2D eigenvalue weighted by molar-refractivity contribution is 0.268. The first-order valence-electron chi connectivity index (χ1n) is 10.7. The first-order valence-corrected chi connectivity index (χ1v) is 11.1. The highest BCUT2D eigenvalue weighted by atomic mass is 35.5. The number of aliphatic hydroxyl groups excluding tert-OH is 1. The molecule has 3 heterocycles. The standard InChI is InChI=1S/C22H32ClN5.CH4O/c1-4-8-18(5-2)15-27-14-10-20-19(16-27)21(26-22(23)25-20)24-11-7-13-28-12-6-9-17(28)3;1-2/h4-5,8,17H,1-2,6-7,9-16H2,3H3,(H,24,25,26);2H,1H3/b18-8+;. The van der Waals surface area contributed by atoms with Gasteiger partial charge in [0, 0.05) is 57.9 Å². The smallest absolute Gasteiger partial charge is 0.224 e. The molecule has 1 unspecified atom stereocenters. The molecule has 30 heavy (non-hydrogen) atoms. The number of anilines is 1. The molecule has 0 aromatic carbocycles. The van der Waals surface area contributed by atoms with Crippen molar-refractivity contribution >= 4 is 17.4 Å². The molecule has 166 valence electrons. The Hall–Kier alpha value is -1.73. The number of nitrogens with one attached hydrogen (secondary N) is 1. The van der Waals surface area contributed by atoms with Crippen molar-refractivity contribution in [2.45, 2.75) is 45.2 Å². The van der Waals surface area contributed by atoms with E-state index in [0.717, 1.165) is 70.2 Å². The van der Waals surface area contributed by atoms with Gasteiger partial charge in [-0.05, 0) is 49.9 Å². The van der Waals surface area contributed by atoms with Gasteiger partial charge in [0.25, 0.3) is 0 Å². The Labute approximate surface area is 186 Å². The van der Waals surface area contributed by atoms with Gasteiger partial charge in [-0.25, -0.2) is 9.97 Å². The van der Waals surface area contributed by atoms with Crippen LogP contribution < -0.4 is 5.32 Å². The lowest BCUT2D eigenvalue weighted by Gasteiger charge is -2.29. The molecule has 2 aliphatic heterocycles. The number of likely N-dealkylation sites (tertiary alicyclic amines) is 1. The summed E-state index contributed by atoms with van der Waals surface area (Å²) >= 11 is 6.18. The van der Waals surface area contributed by atoms with Crippen LogP contribution in [0.1, 0.15) is 37.4 Å². The summed E-state index contributed by atoms with van der Waals surface area (Å²) in [4.78, 5) is 13.9. The van der Waals surface area contributed by atoms with E-state index in [1.165, 1.54) is 30.5 Å². The number of fused-ring (bicyclic) bond motifs is 1. The number of aromatic nitrogens is 2. The second-order valence-electron chi connectivity index (χ2n) is 7.72. The molecule has 1 fully saturated rings. The third kappa shape index (κ3) is 6.91. The van der Waals surface area contributed by atoms with Crippen molar-refractivity contribution < 1.29 is 5.11 Å². The normalized spacial score (nSPS) is 19.6. The molecule has 0 radical (unpaired) electrons. The maximum Gasteiger partial charge on any atom is 0.224 e. The van der Waals surface area contributed by atoms with E-state index in [1.54, 1.807) is 0 Å². The molecule has 6 nitrogen and oxygen atoms in total. The van der Waals surface area contributed by atoms with Crippen molar-refractivity contribution in [3.8, 4) is 0 Å². The molecule has 1 saturated heterocycles. The van der Waals surface area contributed by atoms with Gasteiger partial charge < -0.3 is 15.3 Å². The number of hydrogen-bond acceptors (Lipinski definition) is 6. The minimum absolute atomic E-state index is 0.334. The molecule has 3 rings (SSSR count). The van der Waals surface area contributed by atoms with E-state index < -0.39 is 0 Å². The van der Waals surface area contributed by atoms with Crippen LogP contribution in [0.2, 0.25) is 5.28 Å². The van der Waals surface area contributed by atoms with Crippen LogP contribution in [0.5, 0.6) is 0 Å². The van der Waals surface area contributed by atoms with Crippen LogP contribution in [0.4, 0.5) is 5.82 Å². The van der Waals surface area contributed by atoms with Crippen molar-refractivity contribution in [1.82, 2.24) is 19.8 Å². The van der Waals surface area contributed by atoms with E-state index in [2.05, 4.69) is 45.2 Å². The van der Waals surface area contributed by atoms with Crippen LogP contribution in [0.25, 0.3) is 0 Å². The molecule has 0 aliphatic carbocycles. The Morgan fingerprint density at radius 3 is 2.77 bits per heavy atom. The molecule has 0 bridgehead atoms. The first kappa shape index (κ1) is 24.5. The summed E-state index contributed by atoms with van der Waals surface area (Å²) < 4.78 is 0. The third-order valence-corrected chi connectivity index (χ3v) is 5.89. The zero-order valence-corrected chi connectivity index (χ0v) is 19.2. The quantitative estimate of drug-likeness (QED) is 0.352. The number of allylic oxidation sites excluding steroid dienone is 2. The summed E-state index contributed by atoms with van der Waals surface area (Å²) in [6.45, 7) is 15.9. The second-order valence-corrected chi connectivity index (χ2v) is 8.05. The highest BCUT2D eigenvalue weighted by molar-refractivity contribution is 6.28. The Bertz CT molecular complexity index is 737. The topological polar surface area (TPSA) is 64.5 Å². The summed E-state index contributed by atoms with van der Waals surface area (Å²) in [5.74, 6) is 0.891. The average Bonchev–Trinajstić information content (AvgIpc) is 3.17. The fraction of sp³-hybridized carbons (Fsp3) is 0.565. The van der Waals surface area contributed by atoms with Gasteiger partial charge in [0.15, 0.2) is 0 Å². The van der Waals surface area contributed by atoms with Gasteiger partial charge in [-0.1, -0.05) is 31.4 Å². The van der Waals surface area contributed by atoms with Gasteiger partial charge in [0.1, 0.15) is 5.82 Å². The fourth-order valence-electron chi connectivity index (χ4n) is 4.13. The van der Waals surface area contributed by atoms with Crippen molar-refractivity contribution in [2.24, 2.45) is 0 Å². The molecule has 1 atom stereocenters. The average molecular weight is 434 g/mol. The predicted octanol–water partition coefficient (Wildman–Crippen LogP) is 3.68. The van der Waals surface area contributed by atoms with E-state index in [0.29, 0.717) is 5.28 Å². The molecule has 0 spiro atoms. The number of nitrogens with zero attached hydrogens (tertiary/aromatic N) is 4. The van der Waals surface area contributed by atoms with Gasteiger partial charge in [0.2, 0.25) is 5.28 Å². The highest BCUT2D eigenvalue weighted by Crippen LogP contribution is 2.26. The molecule has 1 aromatic heterocycles. The van der Waals surface area contributed by atoms with Crippen molar-refractivity contribution in [3.05, 3.63) is 53.5 Å². The number of halogens is 1. The van der Waals surface area contributed by atoms with Crippen LogP contribution in [-0.4, -0.2) is 70.7 Å². The molecular formula is C23H36ClN5O. The SMILES string of the molecule is C=C/C=C(\C=C)CN1CCc2nc(Cl)nc(NCCCN3CCCC3C)c2C1.CO. The van der Waals surface area contributed by atoms with Crippen molar-refractivity contribution in [3.63, 3.8) is 0 Å². The lowest BCUT2D eigenvalue weighted by atomic mass is 10.0. The second kappa shape index (κ2) is 12.8. The minimum Gasteiger partial charge on any atom is -0.400 e. The summed E-state index contributed by atoms with van der Waals surface area (Å²) in [7, 11) is 1.00. The third-order valence-electron chi connectivity index (χ3n) is 5.72. The molecular weight excluding hydrogens is 398 g/mol. The van der Waals surface area contributed by atoms with E-state index in [9.17, 15) is 0 Å². The van der Waals surface area contributed by atoms with Crippen molar-refractivity contribution in [1.29, 1.82) is 0 Å². The van der Waals surface area contributed by atoms with E-state index >= 15 is 0 Å². The van der Waals surface area contributed by atoms with Gasteiger partial charge >= 0.3 is 0 Å². The molecule has 7 heteroatoms. The molecule has 1 aromatic rings. The monoisotopic (exact) mass is 433 g/mol. The highest BCUT2D eigenvalue weighted by Gasteiger charge is 2.23. The van der Waals surface area contributed by atoms with Crippen LogP contribution >= 0.6 is 11.6 Å². The summed E-state index contributed by atoms with van der Waals surface area (Å²) in [6, 6.07) is 0.720. The fourth-order valence-corrected chi connectivity index (χ4v) is 4.32. The van der Waals surface area contributed by atoms with E-state index in [1.807, 2.05) is 18.2 Å². The predicted molar refractivity (Wildman–Crippen MR) is 126 cm³/mol. The lowest BCUT2D eigenvalue weighted by Crippen LogP contribution is -2.33. The van der Waals surface area contributed by atoms with Gasteiger partial charge in [0.05, 0.1) is 5.69 Å². The maximum absolute atomic E-state index is 7.00.